The molecule has 0 saturated heterocycles. The number of nitrogens with one attached hydrogen (secondary N) is 1. The Hall–Kier alpha value is -2.30. The topological polar surface area (TPSA) is 72.9 Å². The van der Waals surface area contributed by atoms with Crippen LogP contribution >= 0.6 is 0 Å². The Balaban J connectivity index is 1.98. The number of amides is 1. The number of hydrogen-bond acceptors (Lipinski definition) is 3. The van der Waals surface area contributed by atoms with Crippen LogP contribution in [-0.4, -0.2) is 15.7 Å². The summed E-state index contributed by atoms with van der Waals surface area (Å²) < 4.78 is 1.64. The summed E-state index contributed by atoms with van der Waals surface area (Å²) in [5, 5.41) is 6.79. The van der Waals surface area contributed by atoms with Crippen LogP contribution in [0.3, 0.4) is 0 Å². The molecule has 0 aliphatic carbocycles. The summed E-state index contributed by atoms with van der Waals surface area (Å²) in [6.45, 7) is 0. The molecule has 0 unspecified atom stereocenters. The van der Waals surface area contributed by atoms with Crippen LogP contribution in [0.5, 0.6) is 0 Å². The van der Waals surface area contributed by atoms with Gasteiger partial charge in [0.1, 0.15) is 0 Å². The predicted molar refractivity (Wildman–Crippen MR) is 66.4 cm³/mol. The SMILES string of the molecule is Cn1ccc(NC(=O)Cc2cccc(N)c2)n1. The van der Waals surface area contributed by atoms with Gasteiger partial charge in [-0.15, -0.1) is 0 Å². The van der Waals surface area contributed by atoms with E-state index in [0.717, 1.165) is 5.56 Å². The van der Waals surface area contributed by atoms with Gasteiger partial charge in [-0.2, -0.15) is 5.10 Å². The zero-order valence-electron chi connectivity index (χ0n) is 9.55. The molecule has 0 aliphatic rings. The first kappa shape index (κ1) is 11.2. The van der Waals surface area contributed by atoms with Crippen LogP contribution in [0.1, 0.15) is 5.56 Å². The zero-order chi connectivity index (χ0) is 12.3. The van der Waals surface area contributed by atoms with E-state index < -0.39 is 0 Å². The van der Waals surface area contributed by atoms with E-state index >= 15 is 0 Å². The molecule has 0 atom stereocenters. The molecule has 0 fully saturated rings. The molecule has 1 aromatic heterocycles. The Kier molecular flexibility index (Phi) is 3.09. The van der Waals surface area contributed by atoms with Crippen LogP contribution in [0.15, 0.2) is 36.5 Å². The van der Waals surface area contributed by atoms with Crippen molar-refractivity contribution in [1.29, 1.82) is 0 Å². The molecule has 1 aromatic carbocycles. The Bertz CT molecular complexity index is 533. The van der Waals surface area contributed by atoms with E-state index in [1.807, 2.05) is 12.1 Å². The van der Waals surface area contributed by atoms with Gasteiger partial charge in [0.05, 0.1) is 6.42 Å². The lowest BCUT2D eigenvalue weighted by atomic mass is 10.1. The number of nitrogen functional groups attached to an aromatic ring is 1. The first-order chi connectivity index (χ1) is 8.13. The van der Waals surface area contributed by atoms with Crippen LogP contribution in [0, 0.1) is 0 Å². The number of anilines is 2. The molecule has 0 aliphatic heterocycles. The molecule has 5 heteroatoms. The second-order valence-electron chi connectivity index (χ2n) is 3.84. The Morgan fingerprint density at radius 1 is 1.47 bits per heavy atom. The van der Waals surface area contributed by atoms with E-state index in [1.165, 1.54) is 0 Å². The van der Waals surface area contributed by atoms with E-state index in [4.69, 9.17) is 5.73 Å². The van der Waals surface area contributed by atoms with Gasteiger partial charge >= 0.3 is 0 Å². The number of aryl methyl sites for hydroxylation is 1. The molecular formula is C12H14N4O. The van der Waals surface area contributed by atoms with Crippen molar-refractivity contribution in [3.05, 3.63) is 42.1 Å². The van der Waals surface area contributed by atoms with Crippen LogP contribution in [0.4, 0.5) is 11.5 Å². The largest absolute Gasteiger partial charge is 0.399 e. The maximum absolute atomic E-state index is 11.7. The van der Waals surface area contributed by atoms with Crippen LogP contribution in [0.25, 0.3) is 0 Å². The fourth-order valence-electron chi connectivity index (χ4n) is 1.56. The van der Waals surface area contributed by atoms with Gasteiger partial charge in [-0.05, 0) is 17.7 Å². The normalized spacial score (nSPS) is 10.2. The van der Waals surface area contributed by atoms with Crippen molar-refractivity contribution < 1.29 is 4.79 Å². The van der Waals surface area contributed by atoms with Crippen molar-refractivity contribution in [1.82, 2.24) is 9.78 Å². The summed E-state index contributed by atoms with van der Waals surface area (Å²) in [6, 6.07) is 9.03. The maximum Gasteiger partial charge on any atom is 0.229 e. The minimum atomic E-state index is -0.102. The van der Waals surface area contributed by atoms with E-state index in [9.17, 15) is 4.79 Å². The number of hydrogen-bond donors (Lipinski definition) is 2. The molecule has 0 radical (unpaired) electrons. The minimum absolute atomic E-state index is 0.102. The maximum atomic E-state index is 11.7. The highest BCUT2D eigenvalue weighted by Gasteiger charge is 2.05. The molecule has 0 spiro atoms. The number of rotatable bonds is 3. The van der Waals surface area contributed by atoms with Crippen LogP contribution < -0.4 is 11.1 Å². The Morgan fingerprint density at radius 2 is 2.29 bits per heavy atom. The number of carbonyl (C=O) groups is 1. The molecule has 0 bridgehead atoms. The van der Waals surface area contributed by atoms with Gasteiger partial charge < -0.3 is 11.1 Å². The van der Waals surface area contributed by atoms with Crippen molar-refractivity contribution in [2.24, 2.45) is 7.05 Å². The van der Waals surface area contributed by atoms with Crippen molar-refractivity contribution in [3.8, 4) is 0 Å². The fraction of sp³-hybridized carbons (Fsp3) is 0.167. The van der Waals surface area contributed by atoms with Gasteiger partial charge in [0.25, 0.3) is 0 Å². The van der Waals surface area contributed by atoms with Gasteiger partial charge in [0, 0.05) is 25.0 Å². The van der Waals surface area contributed by atoms with Crippen molar-refractivity contribution in [2.45, 2.75) is 6.42 Å². The van der Waals surface area contributed by atoms with Gasteiger partial charge in [-0.25, -0.2) is 0 Å². The fourth-order valence-corrected chi connectivity index (χ4v) is 1.56. The summed E-state index contributed by atoms with van der Waals surface area (Å²) in [5.74, 6) is 0.454. The Morgan fingerprint density at radius 3 is 2.94 bits per heavy atom. The molecule has 2 rings (SSSR count). The molecule has 0 saturated carbocycles. The molecular weight excluding hydrogens is 216 g/mol. The van der Waals surface area contributed by atoms with Gasteiger partial charge in [0.15, 0.2) is 5.82 Å². The second-order valence-corrected chi connectivity index (χ2v) is 3.84. The van der Waals surface area contributed by atoms with E-state index in [2.05, 4.69) is 10.4 Å². The summed E-state index contributed by atoms with van der Waals surface area (Å²) in [5.41, 5.74) is 7.19. The monoisotopic (exact) mass is 230 g/mol. The van der Waals surface area contributed by atoms with Gasteiger partial charge in [0.2, 0.25) is 5.91 Å². The summed E-state index contributed by atoms with van der Waals surface area (Å²) >= 11 is 0. The Labute approximate surface area is 99.2 Å². The van der Waals surface area contributed by atoms with Crippen molar-refractivity contribution in [2.75, 3.05) is 11.1 Å². The zero-order valence-corrected chi connectivity index (χ0v) is 9.55. The predicted octanol–water partition coefficient (Wildman–Crippen LogP) is 1.18. The third-order valence-corrected chi connectivity index (χ3v) is 2.30. The highest BCUT2D eigenvalue weighted by Crippen LogP contribution is 2.08. The lowest BCUT2D eigenvalue weighted by Crippen LogP contribution is -2.15. The van der Waals surface area contributed by atoms with Crippen molar-refractivity contribution in [3.63, 3.8) is 0 Å². The number of carbonyl (C=O) groups excluding carboxylic acids is 1. The highest BCUT2D eigenvalue weighted by molar-refractivity contribution is 5.91. The van der Waals surface area contributed by atoms with E-state index in [-0.39, 0.29) is 5.91 Å². The average molecular weight is 230 g/mol. The van der Waals surface area contributed by atoms with Crippen LogP contribution in [-0.2, 0) is 18.3 Å². The molecule has 1 heterocycles. The molecule has 5 nitrogen and oxygen atoms in total. The lowest BCUT2D eigenvalue weighted by Gasteiger charge is -2.03. The van der Waals surface area contributed by atoms with E-state index in [1.54, 1.807) is 36.1 Å². The average Bonchev–Trinajstić information content (AvgIpc) is 2.63. The standard InChI is InChI=1S/C12H14N4O/c1-16-6-5-11(15-16)14-12(17)8-9-3-2-4-10(13)7-9/h2-7H,8,13H2,1H3,(H,14,15,17). The van der Waals surface area contributed by atoms with Gasteiger partial charge in [-0.1, -0.05) is 12.1 Å². The van der Waals surface area contributed by atoms with E-state index in [0.29, 0.717) is 17.9 Å². The quantitative estimate of drug-likeness (QED) is 0.778. The lowest BCUT2D eigenvalue weighted by molar-refractivity contribution is -0.115. The summed E-state index contributed by atoms with van der Waals surface area (Å²) in [4.78, 5) is 11.7. The third kappa shape index (κ3) is 3.07. The number of aromatic nitrogens is 2. The molecule has 88 valence electrons. The number of nitrogens with zero attached hydrogens (tertiary/aromatic N) is 2. The molecule has 1 amide bonds. The highest BCUT2D eigenvalue weighted by atomic mass is 16.1. The summed E-state index contributed by atoms with van der Waals surface area (Å²) in [6.07, 6.45) is 2.07. The molecule has 17 heavy (non-hydrogen) atoms. The van der Waals surface area contributed by atoms with Crippen molar-refractivity contribution >= 4 is 17.4 Å². The number of benzene rings is 1. The second kappa shape index (κ2) is 4.69. The minimum Gasteiger partial charge on any atom is -0.399 e. The first-order valence-corrected chi connectivity index (χ1v) is 5.27. The first-order valence-electron chi connectivity index (χ1n) is 5.27. The third-order valence-electron chi connectivity index (χ3n) is 2.30. The smallest absolute Gasteiger partial charge is 0.229 e. The van der Waals surface area contributed by atoms with Crippen LogP contribution in [0.2, 0.25) is 0 Å². The summed E-state index contributed by atoms with van der Waals surface area (Å²) in [7, 11) is 1.80. The molecule has 3 N–H and O–H groups in total. The van der Waals surface area contributed by atoms with Gasteiger partial charge in [-0.3, -0.25) is 9.48 Å². The number of nitrogens with two attached hydrogens (primary N) is 1. The molecule has 2 aromatic rings.